The quantitative estimate of drug-likeness (QED) is 0.450. The predicted molar refractivity (Wildman–Crippen MR) is 130 cm³/mol. The molecule has 32 heavy (non-hydrogen) atoms. The predicted octanol–water partition coefficient (Wildman–Crippen LogP) is 6.61. The van der Waals surface area contributed by atoms with E-state index >= 15 is 0 Å². The van der Waals surface area contributed by atoms with Crippen LogP contribution >= 0.6 is 11.3 Å². The van der Waals surface area contributed by atoms with Gasteiger partial charge in [-0.1, -0.05) is 54.6 Å². The van der Waals surface area contributed by atoms with Crippen LogP contribution in [0, 0.1) is 12.3 Å². The molecule has 0 bridgehead atoms. The van der Waals surface area contributed by atoms with Gasteiger partial charge in [-0.2, -0.15) is 0 Å². The van der Waals surface area contributed by atoms with Gasteiger partial charge < -0.3 is 5.11 Å². The number of rotatable bonds is 3. The van der Waals surface area contributed by atoms with Crippen molar-refractivity contribution in [2.45, 2.75) is 32.1 Å². The molecule has 1 unspecified atom stereocenters. The minimum atomic E-state index is -0.439. The van der Waals surface area contributed by atoms with E-state index in [-0.39, 0.29) is 17.4 Å². The molecule has 2 N–H and O–H groups in total. The topological polar surface area (TPSA) is 64.4 Å². The molecule has 4 nitrogen and oxygen atoms in total. The van der Waals surface area contributed by atoms with Gasteiger partial charge in [0.05, 0.1) is 17.2 Å². The van der Waals surface area contributed by atoms with E-state index in [1.54, 1.807) is 11.3 Å². The van der Waals surface area contributed by atoms with Crippen LogP contribution in [0.2, 0.25) is 0 Å². The van der Waals surface area contributed by atoms with Crippen LogP contribution in [0.3, 0.4) is 0 Å². The van der Waals surface area contributed by atoms with Crippen LogP contribution in [0.5, 0.6) is 0 Å². The van der Waals surface area contributed by atoms with Crippen LogP contribution in [0.1, 0.15) is 41.2 Å². The van der Waals surface area contributed by atoms with Crippen molar-refractivity contribution < 1.29 is 9.90 Å². The number of aliphatic hydroxyl groups excluding tert-OH is 1. The molecular formula is C27H24N2O2S. The van der Waals surface area contributed by atoms with Gasteiger partial charge in [-0.3, -0.25) is 15.1 Å². The maximum Gasteiger partial charge on any atom is 0.161 e. The second-order valence-corrected chi connectivity index (χ2v) is 9.16. The van der Waals surface area contributed by atoms with E-state index < -0.39 is 5.92 Å². The molecule has 5 rings (SSSR count). The van der Waals surface area contributed by atoms with E-state index in [1.807, 2.05) is 83.9 Å². The summed E-state index contributed by atoms with van der Waals surface area (Å²) in [5, 5.41) is 22.8. The highest BCUT2D eigenvalue weighted by Crippen LogP contribution is 2.49. The lowest BCUT2D eigenvalue weighted by Crippen LogP contribution is -2.42. The Morgan fingerprint density at radius 3 is 2.50 bits per heavy atom. The number of thiophene rings is 1. The molecule has 0 amide bonds. The van der Waals surface area contributed by atoms with Crippen molar-refractivity contribution in [1.29, 1.82) is 5.41 Å². The van der Waals surface area contributed by atoms with Crippen molar-refractivity contribution in [2.75, 3.05) is 4.90 Å². The van der Waals surface area contributed by atoms with Crippen molar-refractivity contribution in [3.05, 3.63) is 105 Å². The molecular weight excluding hydrogens is 416 g/mol. The summed E-state index contributed by atoms with van der Waals surface area (Å²) in [6.07, 6.45) is 2.00. The number of amidine groups is 1. The lowest BCUT2D eigenvalue weighted by molar-refractivity contribution is -0.116. The van der Waals surface area contributed by atoms with E-state index in [0.29, 0.717) is 17.6 Å². The van der Waals surface area contributed by atoms with Crippen LogP contribution in [0.25, 0.3) is 5.76 Å². The average molecular weight is 441 g/mol. The summed E-state index contributed by atoms with van der Waals surface area (Å²) in [6.45, 7) is 2.01. The van der Waals surface area contributed by atoms with Crippen molar-refractivity contribution in [1.82, 2.24) is 0 Å². The normalized spacial score (nSPS) is 20.4. The smallest absolute Gasteiger partial charge is 0.161 e. The number of ketones is 1. The number of carbonyl (C=O) groups is 1. The van der Waals surface area contributed by atoms with Crippen molar-refractivity contribution >= 4 is 34.4 Å². The first kappa shape index (κ1) is 20.5. The standard InChI is InChI=1S/C27H24N2O2S/c1-17-9-5-6-12-19(17)29-20-13-7-14-21(30)23(20)24(22-15-8-16-32-22)25(27(29)28)26(31)18-10-3-2-4-11-18/h2-6,8-12,15-16,24,28,31H,7,13-14H2,1H3/b26-25+,28-27?. The zero-order valence-corrected chi connectivity index (χ0v) is 18.7. The number of allylic oxidation sites excluding steroid dienone is 2. The number of nitrogens with one attached hydrogen (secondary N) is 1. The second kappa shape index (κ2) is 8.24. The Kier molecular flexibility index (Phi) is 5.27. The molecule has 3 aromatic rings. The van der Waals surface area contributed by atoms with Gasteiger partial charge in [-0.05, 0) is 42.8 Å². The largest absolute Gasteiger partial charge is 0.507 e. The fourth-order valence-electron chi connectivity index (χ4n) is 4.76. The van der Waals surface area contributed by atoms with Crippen LogP contribution in [-0.2, 0) is 4.79 Å². The SMILES string of the molecule is Cc1ccccc1N1C(=N)/C(=C(/O)c2ccccc2)C(c2cccs2)C2=C1CCCC2=O. The van der Waals surface area contributed by atoms with E-state index in [2.05, 4.69) is 0 Å². The lowest BCUT2D eigenvalue weighted by Gasteiger charge is -2.41. The van der Waals surface area contributed by atoms with Crippen LogP contribution < -0.4 is 4.90 Å². The molecule has 2 aromatic carbocycles. The van der Waals surface area contributed by atoms with Crippen molar-refractivity contribution in [2.24, 2.45) is 0 Å². The molecule has 0 saturated heterocycles. The Morgan fingerprint density at radius 1 is 1.03 bits per heavy atom. The number of anilines is 1. The summed E-state index contributed by atoms with van der Waals surface area (Å²) in [5.41, 5.74) is 4.64. The summed E-state index contributed by atoms with van der Waals surface area (Å²) >= 11 is 1.56. The first-order valence-corrected chi connectivity index (χ1v) is 11.7. The summed E-state index contributed by atoms with van der Waals surface area (Å²) in [4.78, 5) is 16.2. The number of nitrogens with zero attached hydrogens (tertiary/aromatic N) is 1. The number of para-hydroxylation sites is 1. The van der Waals surface area contributed by atoms with Crippen LogP contribution in [0.15, 0.2) is 89.0 Å². The fourth-order valence-corrected chi connectivity index (χ4v) is 5.61. The summed E-state index contributed by atoms with van der Waals surface area (Å²) in [6, 6.07) is 21.2. The Hall–Kier alpha value is -3.44. The number of aryl methyl sites for hydroxylation is 1. The Morgan fingerprint density at radius 2 is 1.78 bits per heavy atom. The van der Waals surface area contributed by atoms with Gasteiger partial charge in [0.25, 0.3) is 0 Å². The number of Topliss-reactive ketones (excluding diaryl/α,β-unsaturated/α-hetero) is 1. The van der Waals surface area contributed by atoms with Gasteiger partial charge in [0.1, 0.15) is 11.6 Å². The Balaban J connectivity index is 1.84. The third kappa shape index (κ3) is 3.30. The second-order valence-electron chi connectivity index (χ2n) is 8.18. The molecule has 2 heterocycles. The van der Waals surface area contributed by atoms with E-state index in [9.17, 15) is 15.3 Å². The van der Waals surface area contributed by atoms with Gasteiger partial charge in [0.2, 0.25) is 0 Å². The first-order valence-electron chi connectivity index (χ1n) is 10.8. The molecule has 0 radical (unpaired) electrons. The Labute approximate surface area is 191 Å². The van der Waals surface area contributed by atoms with Gasteiger partial charge in [0.15, 0.2) is 5.78 Å². The third-order valence-electron chi connectivity index (χ3n) is 6.24. The number of aliphatic hydroxyl groups is 1. The molecule has 0 fully saturated rings. The third-order valence-corrected chi connectivity index (χ3v) is 7.18. The zero-order valence-electron chi connectivity index (χ0n) is 17.8. The fraction of sp³-hybridized carbons (Fsp3) is 0.185. The minimum absolute atomic E-state index is 0.0532. The van der Waals surface area contributed by atoms with Gasteiger partial charge >= 0.3 is 0 Å². The highest BCUT2D eigenvalue weighted by Gasteiger charge is 2.43. The van der Waals surface area contributed by atoms with E-state index in [4.69, 9.17) is 0 Å². The molecule has 0 spiro atoms. The molecule has 1 atom stereocenters. The number of benzene rings is 2. The molecule has 5 heteroatoms. The molecule has 1 aliphatic heterocycles. The maximum atomic E-state index is 13.4. The maximum absolute atomic E-state index is 13.4. The lowest BCUT2D eigenvalue weighted by atomic mass is 9.75. The highest BCUT2D eigenvalue weighted by molar-refractivity contribution is 7.10. The molecule has 1 aliphatic carbocycles. The monoisotopic (exact) mass is 440 g/mol. The van der Waals surface area contributed by atoms with Crippen molar-refractivity contribution in [3.63, 3.8) is 0 Å². The average Bonchev–Trinajstić information content (AvgIpc) is 3.34. The number of hydrogen-bond donors (Lipinski definition) is 2. The van der Waals surface area contributed by atoms with Gasteiger partial charge in [-0.15, -0.1) is 11.3 Å². The number of carbonyl (C=O) groups excluding carboxylic acids is 1. The van der Waals surface area contributed by atoms with Gasteiger partial charge in [-0.25, -0.2) is 0 Å². The van der Waals surface area contributed by atoms with E-state index in [1.165, 1.54) is 0 Å². The minimum Gasteiger partial charge on any atom is -0.507 e. The molecule has 1 aromatic heterocycles. The van der Waals surface area contributed by atoms with E-state index in [0.717, 1.165) is 40.2 Å². The summed E-state index contributed by atoms with van der Waals surface area (Å²) in [7, 11) is 0. The molecule has 160 valence electrons. The highest BCUT2D eigenvalue weighted by atomic mass is 32.1. The molecule has 0 saturated carbocycles. The molecule has 2 aliphatic rings. The van der Waals surface area contributed by atoms with Crippen LogP contribution in [0.4, 0.5) is 5.69 Å². The summed E-state index contributed by atoms with van der Waals surface area (Å²) in [5.74, 6) is -0.0510. The van der Waals surface area contributed by atoms with Crippen LogP contribution in [-0.4, -0.2) is 16.7 Å². The number of hydrogen-bond acceptors (Lipinski definition) is 4. The Bertz CT molecular complexity index is 1260. The van der Waals surface area contributed by atoms with Crippen molar-refractivity contribution in [3.8, 4) is 0 Å². The zero-order chi connectivity index (χ0) is 22.2. The van der Waals surface area contributed by atoms with Gasteiger partial charge in [0, 0.05) is 28.1 Å². The first-order chi connectivity index (χ1) is 15.6. The summed E-state index contributed by atoms with van der Waals surface area (Å²) < 4.78 is 0.